The fourth-order valence-corrected chi connectivity index (χ4v) is 2.46. The second kappa shape index (κ2) is 4.29. The number of hydrogen-bond acceptors (Lipinski definition) is 6. The molecule has 18 heavy (non-hydrogen) atoms. The molecule has 3 heterocycles. The monoisotopic (exact) mass is 250 g/mol. The van der Waals surface area contributed by atoms with E-state index in [4.69, 9.17) is 9.47 Å². The molecule has 6 heteroatoms. The molecule has 0 amide bonds. The van der Waals surface area contributed by atoms with Crippen LogP contribution in [0.1, 0.15) is 34.7 Å². The van der Waals surface area contributed by atoms with Gasteiger partial charge in [0.05, 0.1) is 19.4 Å². The van der Waals surface area contributed by atoms with Crippen molar-refractivity contribution >= 4 is 5.97 Å². The molecule has 0 radical (unpaired) electrons. The average Bonchev–Trinajstić information content (AvgIpc) is 2.77. The van der Waals surface area contributed by atoms with Crippen LogP contribution in [0.3, 0.4) is 0 Å². The molecule has 1 saturated heterocycles. The molecule has 0 unspecified atom stereocenters. The molecule has 1 aromatic heterocycles. The zero-order chi connectivity index (χ0) is 12.6. The highest BCUT2D eigenvalue weighted by molar-refractivity contribution is 5.85. The van der Waals surface area contributed by atoms with Crippen molar-refractivity contribution in [2.24, 2.45) is 0 Å². The summed E-state index contributed by atoms with van der Waals surface area (Å²) in [5.74, 6) is -0.431. The predicted molar refractivity (Wildman–Crippen MR) is 59.9 cm³/mol. The molecule has 0 aliphatic carbocycles. The first-order chi connectivity index (χ1) is 8.75. The Labute approximate surface area is 104 Å². The zero-order valence-electron chi connectivity index (χ0n) is 10.1. The van der Waals surface area contributed by atoms with Crippen LogP contribution in [0.25, 0.3) is 0 Å². The normalized spacial score (nSPS) is 20.7. The summed E-state index contributed by atoms with van der Waals surface area (Å²) in [5, 5.41) is 0. The van der Waals surface area contributed by atoms with Crippen molar-refractivity contribution in [1.29, 1.82) is 0 Å². The largest absolute Gasteiger partial charge is 0.463 e. The van der Waals surface area contributed by atoms with E-state index in [0.29, 0.717) is 19.8 Å². The number of carbonyl (C=O) groups excluding carboxylic acids is 1. The molecule has 0 saturated carbocycles. The highest BCUT2D eigenvalue weighted by Crippen LogP contribution is 2.42. The molecular formula is C12H14N2O4. The number of esters is 1. The summed E-state index contributed by atoms with van der Waals surface area (Å²) in [6.45, 7) is 1.80. The van der Waals surface area contributed by atoms with Crippen molar-refractivity contribution in [1.82, 2.24) is 9.97 Å². The molecule has 2 aliphatic rings. The summed E-state index contributed by atoms with van der Waals surface area (Å²) >= 11 is 0. The number of methoxy groups -OCH3 is 1. The summed E-state index contributed by atoms with van der Waals surface area (Å²) < 4.78 is 15.9. The molecule has 1 aromatic rings. The highest BCUT2D eigenvalue weighted by Gasteiger charge is 2.43. The topological polar surface area (TPSA) is 70.5 Å². The van der Waals surface area contributed by atoms with E-state index in [1.54, 1.807) is 6.20 Å². The number of aromatic nitrogens is 2. The van der Waals surface area contributed by atoms with Crippen LogP contribution >= 0.6 is 0 Å². The van der Waals surface area contributed by atoms with Crippen molar-refractivity contribution < 1.29 is 19.0 Å². The van der Waals surface area contributed by atoms with Crippen LogP contribution in [0.2, 0.25) is 0 Å². The van der Waals surface area contributed by atoms with Gasteiger partial charge in [-0.2, -0.15) is 0 Å². The Hall–Kier alpha value is -1.53. The summed E-state index contributed by atoms with van der Waals surface area (Å²) in [7, 11) is 1.32. The lowest BCUT2D eigenvalue weighted by molar-refractivity contribution is -0.109. The standard InChI is InChI=1S/C12H14N2O4/c1-16-11(15)10-13-6-8-7-18-12(9(8)14-10)2-4-17-5-3-12/h6H,2-5,7H2,1H3. The predicted octanol–water partition coefficient (Wildman–Crippen LogP) is 0.799. The molecule has 3 rings (SSSR count). The van der Waals surface area contributed by atoms with Crippen molar-refractivity contribution in [2.45, 2.75) is 25.0 Å². The summed E-state index contributed by atoms with van der Waals surface area (Å²) in [6, 6.07) is 0. The Kier molecular flexibility index (Phi) is 2.76. The Morgan fingerprint density at radius 3 is 2.94 bits per heavy atom. The van der Waals surface area contributed by atoms with Gasteiger partial charge in [-0.1, -0.05) is 0 Å². The quantitative estimate of drug-likeness (QED) is 0.686. The highest BCUT2D eigenvalue weighted by atomic mass is 16.5. The number of hydrogen-bond donors (Lipinski definition) is 0. The molecule has 1 spiro atoms. The van der Waals surface area contributed by atoms with Crippen LogP contribution in [-0.2, 0) is 26.4 Å². The third-order valence-electron chi connectivity index (χ3n) is 3.47. The summed E-state index contributed by atoms with van der Waals surface area (Å²) in [5.41, 5.74) is 1.37. The van der Waals surface area contributed by atoms with Gasteiger partial charge >= 0.3 is 5.97 Å². The van der Waals surface area contributed by atoms with Gasteiger partial charge in [0.25, 0.3) is 0 Å². The van der Waals surface area contributed by atoms with E-state index in [-0.39, 0.29) is 5.82 Å². The maximum atomic E-state index is 11.5. The van der Waals surface area contributed by atoms with E-state index >= 15 is 0 Å². The van der Waals surface area contributed by atoms with Crippen molar-refractivity contribution in [3.63, 3.8) is 0 Å². The van der Waals surface area contributed by atoms with Crippen molar-refractivity contribution in [2.75, 3.05) is 20.3 Å². The third kappa shape index (κ3) is 1.69. The molecule has 0 N–H and O–H groups in total. The molecule has 96 valence electrons. The van der Waals surface area contributed by atoms with Crippen LogP contribution in [-0.4, -0.2) is 36.3 Å². The lowest BCUT2D eigenvalue weighted by Crippen LogP contribution is -2.34. The SMILES string of the molecule is COC(=O)c1ncc2c(n1)C1(CCOCC1)OC2. The number of rotatable bonds is 1. The minimum Gasteiger partial charge on any atom is -0.463 e. The van der Waals surface area contributed by atoms with E-state index in [2.05, 4.69) is 14.7 Å². The van der Waals surface area contributed by atoms with E-state index in [9.17, 15) is 4.79 Å². The molecule has 0 aromatic carbocycles. The van der Waals surface area contributed by atoms with Crippen LogP contribution in [0, 0.1) is 0 Å². The fraction of sp³-hybridized carbons (Fsp3) is 0.583. The lowest BCUT2D eigenvalue weighted by Gasteiger charge is -2.32. The smallest absolute Gasteiger partial charge is 0.376 e. The van der Waals surface area contributed by atoms with Crippen LogP contribution in [0.5, 0.6) is 0 Å². The molecular weight excluding hydrogens is 236 g/mol. The second-order valence-electron chi connectivity index (χ2n) is 4.45. The first-order valence-electron chi connectivity index (χ1n) is 5.92. The maximum absolute atomic E-state index is 11.5. The number of nitrogens with zero attached hydrogens (tertiary/aromatic N) is 2. The Morgan fingerprint density at radius 1 is 1.44 bits per heavy atom. The van der Waals surface area contributed by atoms with E-state index in [1.807, 2.05) is 0 Å². The van der Waals surface area contributed by atoms with Gasteiger partial charge < -0.3 is 14.2 Å². The average molecular weight is 250 g/mol. The van der Waals surface area contributed by atoms with Gasteiger partial charge in [-0.05, 0) is 0 Å². The number of carbonyl (C=O) groups is 1. The zero-order valence-corrected chi connectivity index (χ0v) is 10.1. The fourth-order valence-electron chi connectivity index (χ4n) is 2.46. The van der Waals surface area contributed by atoms with Crippen LogP contribution < -0.4 is 0 Å². The molecule has 1 fully saturated rings. The van der Waals surface area contributed by atoms with Gasteiger partial charge in [-0.15, -0.1) is 0 Å². The summed E-state index contributed by atoms with van der Waals surface area (Å²) in [6.07, 6.45) is 3.17. The van der Waals surface area contributed by atoms with Gasteiger partial charge in [-0.3, -0.25) is 0 Å². The Balaban J connectivity index is 2.00. The second-order valence-corrected chi connectivity index (χ2v) is 4.45. The minimum absolute atomic E-state index is 0.0904. The van der Waals surface area contributed by atoms with Gasteiger partial charge in [0.1, 0.15) is 5.60 Å². The lowest BCUT2D eigenvalue weighted by atomic mass is 9.90. The van der Waals surface area contributed by atoms with Gasteiger partial charge in [0.15, 0.2) is 0 Å². The number of fused-ring (bicyclic) bond motifs is 2. The molecule has 2 aliphatic heterocycles. The number of ether oxygens (including phenoxy) is 3. The first-order valence-corrected chi connectivity index (χ1v) is 5.92. The minimum atomic E-state index is -0.521. The van der Waals surface area contributed by atoms with Gasteiger partial charge in [-0.25, -0.2) is 14.8 Å². The van der Waals surface area contributed by atoms with E-state index < -0.39 is 11.6 Å². The van der Waals surface area contributed by atoms with Crippen molar-refractivity contribution in [3.8, 4) is 0 Å². The third-order valence-corrected chi connectivity index (χ3v) is 3.47. The van der Waals surface area contributed by atoms with Crippen molar-refractivity contribution in [3.05, 3.63) is 23.3 Å². The molecule has 6 nitrogen and oxygen atoms in total. The first kappa shape index (κ1) is 11.6. The molecule has 0 bridgehead atoms. The van der Waals surface area contributed by atoms with Crippen LogP contribution in [0.15, 0.2) is 6.20 Å². The van der Waals surface area contributed by atoms with E-state index in [1.165, 1.54) is 7.11 Å². The molecule has 0 atom stereocenters. The van der Waals surface area contributed by atoms with Gasteiger partial charge in [0.2, 0.25) is 5.82 Å². The Bertz CT molecular complexity index is 477. The van der Waals surface area contributed by atoms with E-state index in [0.717, 1.165) is 24.1 Å². The summed E-state index contributed by atoms with van der Waals surface area (Å²) in [4.78, 5) is 19.8. The maximum Gasteiger partial charge on any atom is 0.376 e. The van der Waals surface area contributed by atoms with Crippen LogP contribution in [0.4, 0.5) is 0 Å². The Morgan fingerprint density at radius 2 is 2.22 bits per heavy atom. The van der Waals surface area contributed by atoms with Gasteiger partial charge in [0, 0.05) is 37.8 Å².